The molecule has 0 aliphatic heterocycles. The minimum atomic E-state index is -4.09. The minimum absolute atomic E-state index is 0.0549. The molecule has 1 N–H and O–H groups in total. The van der Waals surface area contributed by atoms with Crippen molar-refractivity contribution in [2.24, 2.45) is 0 Å². The number of amides is 2. The number of aryl methyl sites for hydroxylation is 3. The molecular weight excluding hydrogens is 510 g/mol. The zero-order valence-corrected chi connectivity index (χ0v) is 24.5. The van der Waals surface area contributed by atoms with Crippen LogP contribution >= 0.6 is 0 Å². The molecule has 0 saturated heterocycles. The molecule has 3 aromatic rings. The summed E-state index contributed by atoms with van der Waals surface area (Å²) in [6, 6.07) is 20.4. The van der Waals surface area contributed by atoms with Crippen molar-refractivity contribution in [3.8, 4) is 0 Å². The highest BCUT2D eigenvalue weighted by Gasteiger charge is 2.33. The average molecular weight is 550 g/mol. The lowest BCUT2D eigenvalue weighted by molar-refractivity contribution is -0.139. The van der Waals surface area contributed by atoms with E-state index in [0.717, 1.165) is 27.4 Å². The topological polar surface area (TPSA) is 86.8 Å². The normalized spacial score (nSPS) is 12.9. The zero-order chi connectivity index (χ0) is 28.7. The molecule has 3 aromatic carbocycles. The molecule has 208 valence electrons. The van der Waals surface area contributed by atoms with Crippen LogP contribution in [0.1, 0.15) is 49.4 Å². The first-order valence-electron chi connectivity index (χ1n) is 13.2. The van der Waals surface area contributed by atoms with E-state index in [1.54, 1.807) is 43.3 Å². The number of nitrogens with one attached hydrogen (secondary N) is 1. The number of rotatable bonds is 11. The van der Waals surface area contributed by atoms with E-state index >= 15 is 0 Å². The van der Waals surface area contributed by atoms with E-state index in [1.165, 1.54) is 4.90 Å². The van der Waals surface area contributed by atoms with Gasteiger partial charge < -0.3 is 10.2 Å². The Morgan fingerprint density at radius 3 is 2.03 bits per heavy atom. The molecule has 0 heterocycles. The van der Waals surface area contributed by atoms with Gasteiger partial charge in [0.05, 0.1) is 10.6 Å². The Bertz CT molecular complexity index is 1400. The molecule has 0 bridgehead atoms. The van der Waals surface area contributed by atoms with Gasteiger partial charge in [-0.25, -0.2) is 8.42 Å². The van der Waals surface area contributed by atoms with Gasteiger partial charge in [0.25, 0.3) is 10.0 Å². The summed E-state index contributed by atoms with van der Waals surface area (Å²) in [4.78, 5) is 28.7. The van der Waals surface area contributed by atoms with Crippen LogP contribution in [0.25, 0.3) is 0 Å². The molecule has 0 aliphatic carbocycles. The molecule has 39 heavy (non-hydrogen) atoms. The van der Waals surface area contributed by atoms with E-state index in [-0.39, 0.29) is 23.4 Å². The number of carbonyl (C=O) groups excluding carboxylic acids is 2. The number of hydrogen-bond donors (Lipinski definition) is 1. The maximum Gasteiger partial charge on any atom is 0.264 e. The van der Waals surface area contributed by atoms with Crippen LogP contribution in [0.2, 0.25) is 0 Å². The summed E-state index contributed by atoms with van der Waals surface area (Å²) in [5.41, 5.74) is 3.93. The van der Waals surface area contributed by atoms with E-state index in [9.17, 15) is 18.0 Å². The molecule has 3 rings (SSSR count). The van der Waals surface area contributed by atoms with E-state index in [4.69, 9.17) is 0 Å². The van der Waals surface area contributed by atoms with E-state index < -0.39 is 28.5 Å². The zero-order valence-electron chi connectivity index (χ0n) is 23.6. The molecular formula is C31H39N3O4S. The van der Waals surface area contributed by atoms with Crippen molar-refractivity contribution in [1.29, 1.82) is 0 Å². The quantitative estimate of drug-likeness (QED) is 0.359. The molecule has 0 spiro atoms. The smallest absolute Gasteiger partial charge is 0.264 e. The van der Waals surface area contributed by atoms with Crippen LogP contribution in [0, 0.1) is 20.8 Å². The summed E-state index contributed by atoms with van der Waals surface area (Å²) in [7, 11) is -4.09. The molecule has 0 fully saturated rings. The molecule has 0 aliphatic rings. The fourth-order valence-electron chi connectivity index (χ4n) is 4.21. The number of sulfonamides is 1. The maximum atomic E-state index is 14.0. The van der Waals surface area contributed by atoms with Crippen molar-refractivity contribution in [1.82, 2.24) is 10.2 Å². The second kappa shape index (κ2) is 12.9. The Morgan fingerprint density at radius 1 is 0.846 bits per heavy atom. The SMILES string of the molecule is CC[C@@H](C)NC(=O)[C@@H](C)N(Cc1ccccc1C)C(=O)CN(c1ccccc1C)S(=O)(=O)c1ccc(C)cc1. The van der Waals surface area contributed by atoms with Crippen LogP contribution in [0.4, 0.5) is 5.69 Å². The first-order valence-corrected chi connectivity index (χ1v) is 14.7. The standard InChI is InChI=1S/C31H39N3O4S/c1-7-25(5)32-31(36)26(6)33(20-27-14-10-8-12-23(27)3)30(35)21-34(29-15-11-9-13-24(29)4)39(37,38)28-18-16-22(2)17-19-28/h8-19,25-26H,7,20-21H2,1-6H3,(H,32,36)/t25-,26-/m1/s1. The molecule has 2 atom stereocenters. The lowest BCUT2D eigenvalue weighted by Crippen LogP contribution is -2.52. The lowest BCUT2D eigenvalue weighted by Gasteiger charge is -2.33. The Kier molecular flexibility index (Phi) is 9.92. The summed E-state index contributed by atoms with van der Waals surface area (Å²) in [5.74, 6) is -0.751. The van der Waals surface area contributed by atoms with E-state index in [1.807, 2.05) is 71.0 Å². The van der Waals surface area contributed by atoms with Crippen molar-refractivity contribution < 1.29 is 18.0 Å². The predicted octanol–water partition coefficient (Wildman–Crippen LogP) is 5.14. The fourth-order valence-corrected chi connectivity index (χ4v) is 5.69. The molecule has 2 amide bonds. The van der Waals surface area contributed by atoms with Crippen LogP contribution in [0.15, 0.2) is 77.7 Å². The van der Waals surface area contributed by atoms with Crippen LogP contribution < -0.4 is 9.62 Å². The summed E-state index contributed by atoms with van der Waals surface area (Å²) in [6.07, 6.45) is 0.750. The molecule has 0 saturated carbocycles. The third-order valence-corrected chi connectivity index (χ3v) is 8.82. The lowest BCUT2D eigenvalue weighted by atomic mass is 10.1. The van der Waals surface area contributed by atoms with Crippen molar-refractivity contribution in [2.75, 3.05) is 10.8 Å². The number of nitrogens with zero attached hydrogens (tertiary/aromatic N) is 2. The highest BCUT2D eigenvalue weighted by Crippen LogP contribution is 2.27. The third-order valence-electron chi connectivity index (χ3n) is 7.04. The third kappa shape index (κ3) is 7.26. The average Bonchev–Trinajstić information content (AvgIpc) is 2.91. The van der Waals surface area contributed by atoms with Crippen molar-refractivity contribution in [3.63, 3.8) is 0 Å². The van der Waals surface area contributed by atoms with E-state index in [2.05, 4.69) is 5.32 Å². The van der Waals surface area contributed by atoms with Gasteiger partial charge in [-0.3, -0.25) is 13.9 Å². The Labute approximate surface area is 232 Å². The summed E-state index contributed by atoms with van der Waals surface area (Å²) in [5, 5.41) is 2.96. The monoisotopic (exact) mass is 549 g/mol. The second-order valence-corrected chi connectivity index (χ2v) is 11.9. The highest BCUT2D eigenvalue weighted by atomic mass is 32.2. The van der Waals surface area contributed by atoms with Crippen LogP contribution in [0.5, 0.6) is 0 Å². The number of carbonyl (C=O) groups is 2. The fraction of sp³-hybridized carbons (Fsp3) is 0.355. The number of para-hydroxylation sites is 1. The number of anilines is 1. The number of hydrogen-bond acceptors (Lipinski definition) is 4. The van der Waals surface area contributed by atoms with E-state index in [0.29, 0.717) is 11.3 Å². The number of benzene rings is 3. The van der Waals surface area contributed by atoms with Gasteiger partial charge in [0, 0.05) is 12.6 Å². The predicted molar refractivity (Wildman–Crippen MR) is 156 cm³/mol. The van der Waals surface area contributed by atoms with Crippen LogP contribution in [0.3, 0.4) is 0 Å². The maximum absolute atomic E-state index is 14.0. The van der Waals surface area contributed by atoms with Gasteiger partial charge in [-0.05, 0) is 75.9 Å². The Balaban J connectivity index is 2.05. The van der Waals surface area contributed by atoms with Gasteiger partial charge in [-0.2, -0.15) is 0 Å². The summed E-state index contributed by atoms with van der Waals surface area (Å²) in [6.45, 7) is 10.9. The van der Waals surface area contributed by atoms with Gasteiger partial charge in [0.15, 0.2) is 0 Å². The van der Waals surface area contributed by atoms with Gasteiger partial charge >= 0.3 is 0 Å². The molecule has 0 aromatic heterocycles. The van der Waals surface area contributed by atoms with Crippen molar-refractivity contribution in [3.05, 3.63) is 95.1 Å². The Morgan fingerprint density at radius 2 is 1.44 bits per heavy atom. The minimum Gasteiger partial charge on any atom is -0.352 e. The molecule has 0 radical (unpaired) electrons. The summed E-state index contributed by atoms with van der Waals surface area (Å²) >= 11 is 0. The molecule has 8 heteroatoms. The van der Waals surface area contributed by atoms with Gasteiger partial charge in [0.1, 0.15) is 12.6 Å². The second-order valence-electron chi connectivity index (χ2n) is 10.1. The highest BCUT2D eigenvalue weighted by molar-refractivity contribution is 7.92. The Hall–Kier alpha value is -3.65. The van der Waals surface area contributed by atoms with Crippen molar-refractivity contribution in [2.45, 2.75) is 71.5 Å². The van der Waals surface area contributed by atoms with Crippen LogP contribution in [-0.2, 0) is 26.2 Å². The van der Waals surface area contributed by atoms with Gasteiger partial charge in [0.2, 0.25) is 11.8 Å². The van der Waals surface area contributed by atoms with Crippen LogP contribution in [-0.4, -0.2) is 43.8 Å². The summed E-state index contributed by atoms with van der Waals surface area (Å²) < 4.78 is 29.0. The first-order chi connectivity index (χ1) is 18.4. The molecule has 0 unspecified atom stereocenters. The van der Waals surface area contributed by atoms with Gasteiger partial charge in [-0.15, -0.1) is 0 Å². The van der Waals surface area contributed by atoms with Crippen molar-refractivity contribution >= 4 is 27.5 Å². The molecule has 7 nitrogen and oxygen atoms in total. The van der Waals surface area contributed by atoms with Gasteiger partial charge in [-0.1, -0.05) is 67.1 Å². The first kappa shape index (κ1) is 29.9. The largest absolute Gasteiger partial charge is 0.352 e.